The molecular formula is C14H23N3O2. The Kier molecular flexibility index (Phi) is 5.76. The van der Waals surface area contributed by atoms with Crippen molar-refractivity contribution in [1.82, 2.24) is 15.1 Å². The van der Waals surface area contributed by atoms with Gasteiger partial charge in [-0.05, 0) is 18.9 Å². The molecule has 1 aromatic heterocycles. The summed E-state index contributed by atoms with van der Waals surface area (Å²) < 4.78 is 1.68. The molecule has 19 heavy (non-hydrogen) atoms. The molecule has 0 unspecified atom stereocenters. The molecule has 0 saturated heterocycles. The summed E-state index contributed by atoms with van der Waals surface area (Å²) in [6.07, 6.45) is 8.42. The summed E-state index contributed by atoms with van der Waals surface area (Å²) in [7, 11) is 1.83. The monoisotopic (exact) mass is 265 g/mol. The van der Waals surface area contributed by atoms with Crippen molar-refractivity contribution in [2.24, 2.45) is 12.5 Å². The van der Waals surface area contributed by atoms with Gasteiger partial charge in [0.25, 0.3) is 0 Å². The lowest BCUT2D eigenvalue weighted by molar-refractivity contribution is -0.117. The van der Waals surface area contributed by atoms with Crippen LogP contribution in [-0.4, -0.2) is 33.9 Å². The lowest BCUT2D eigenvalue weighted by Gasteiger charge is -2.29. The van der Waals surface area contributed by atoms with Gasteiger partial charge in [0.1, 0.15) is 0 Å². The summed E-state index contributed by atoms with van der Waals surface area (Å²) in [5, 5.41) is 16.3. The number of rotatable bonds is 7. The first-order chi connectivity index (χ1) is 9.05. The number of aliphatic hydroxyl groups is 1. The van der Waals surface area contributed by atoms with Crippen LogP contribution in [-0.2, 0) is 11.8 Å². The van der Waals surface area contributed by atoms with Crippen molar-refractivity contribution in [2.45, 2.75) is 26.7 Å². The van der Waals surface area contributed by atoms with Crippen LogP contribution >= 0.6 is 0 Å². The van der Waals surface area contributed by atoms with E-state index in [1.807, 2.05) is 27.1 Å². The van der Waals surface area contributed by atoms with Gasteiger partial charge in [0, 0.05) is 36.8 Å². The van der Waals surface area contributed by atoms with Crippen molar-refractivity contribution in [2.75, 3.05) is 13.2 Å². The maximum Gasteiger partial charge on any atom is 0.244 e. The van der Waals surface area contributed by atoms with Gasteiger partial charge >= 0.3 is 0 Å². The average Bonchev–Trinajstić information content (AvgIpc) is 2.84. The predicted octanol–water partition coefficient (Wildman–Crippen LogP) is 1.35. The Morgan fingerprint density at radius 3 is 2.68 bits per heavy atom. The van der Waals surface area contributed by atoms with E-state index in [0.717, 1.165) is 18.4 Å². The number of amides is 1. The zero-order valence-corrected chi connectivity index (χ0v) is 11.9. The highest BCUT2D eigenvalue weighted by Gasteiger charge is 2.25. The molecule has 0 spiro atoms. The summed E-state index contributed by atoms with van der Waals surface area (Å²) >= 11 is 0. The number of hydrogen-bond donors (Lipinski definition) is 2. The van der Waals surface area contributed by atoms with Crippen molar-refractivity contribution in [3.05, 3.63) is 24.0 Å². The summed E-state index contributed by atoms with van der Waals surface area (Å²) in [4.78, 5) is 11.7. The Morgan fingerprint density at radius 2 is 2.21 bits per heavy atom. The number of aromatic nitrogens is 2. The van der Waals surface area contributed by atoms with Crippen LogP contribution in [0.25, 0.3) is 6.08 Å². The van der Waals surface area contributed by atoms with E-state index in [1.54, 1.807) is 17.0 Å². The van der Waals surface area contributed by atoms with E-state index in [2.05, 4.69) is 10.4 Å². The zero-order chi connectivity index (χ0) is 14.3. The number of carbonyl (C=O) groups excluding carboxylic acids is 1. The Labute approximate surface area is 114 Å². The molecule has 0 fully saturated rings. The Morgan fingerprint density at radius 1 is 1.53 bits per heavy atom. The second-order valence-electron chi connectivity index (χ2n) is 4.86. The SMILES string of the molecule is CCC(CC)(CO)CNC(=O)/C=C/c1cnn(C)c1. The molecule has 1 rings (SSSR count). The average molecular weight is 265 g/mol. The molecule has 106 valence electrons. The molecule has 2 N–H and O–H groups in total. The van der Waals surface area contributed by atoms with Crippen LogP contribution in [0.4, 0.5) is 0 Å². The van der Waals surface area contributed by atoms with Crippen molar-refractivity contribution in [1.29, 1.82) is 0 Å². The fourth-order valence-corrected chi connectivity index (χ4v) is 1.81. The van der Waals surface area contributed by atoms with E-state index >= 15 is 0 Å². The fraction of sp³-hybridized carbons (Fsp3) is 0.571. The lowest BCUT2D eigenvalue weighted by Crippen LogP contribution is -2.38. The van der Waals surface area contributed by atoms with Crippen molar-refractivity contribution in [3.63, 3.8) is 0 Å². The largest absolute Gasteiger partial charge is 0.396 e. The van der Waals surface area contributed by atoms with E-state index in [9.17, 15) is 9.90 Å². The Bertz CT molecular complexity index is 425. The first kappa shape index (κ1) is 15.4. The molecule has 1 aromatic rings. The quantitative estimate of drug-likeness (QED) is 0.731. The molecule has 0 aromatic carbocycles. The van der Waals surface area contributed by atoms with Crippen LogP contribution in [0, 0.1) is 5.41 Å². The first-order valence-electron chi connectivity index (χ1n) is 6.60. The van der Waals surface area contributed by atoms with Gasteiger partial charge in [-0.2, -0.15) is 5.10 Å². The second kappa shape index (κ2) is 7.09. The zero-order valence-electron chi connectivity index (χ0n) is 11.9. The van der Waals surface area contributed by atoms with Crippen LogP contribution in [0.15, 0.2) is 18.5 Å². The summed E-state index contributed by atoms with van der Waals surface area (Å²) in [5.41, 5.74) is 0.676. The predicted molar refractivity (Wildman–Crippen MR) is 75.4 cm³/mol. The Hall–Kier alpha value is -1.62. The molecule has 0 aliphatic rings. The highest BCUT2D eigenvalue weighted by atomic mass is 16.3. The van der Waals surface area contributed by atoms with Crippen LogP contribution in [0.1, 0.15) is 32.3 Å². The second-order valence-corrected chi connectivity index (χ2v) is 4.86. The molecule has 1 amide bonds. The third-order valence-corrected chi connectivity index (χ3v) is 3.63. The summed E-state index contributed by atoms with van der Waals surface area (Å²) in [6, 6.07) is 0. The van der Waals surface area contributed by atoms with Crippen molar-refractivity contribution in [3.8, 4) is 0 Å². The molecular weight excluding hydrogens is 242 g/mol. The van der Waals surface area contributed by atoms with Gasteiger partial charge in [-0.25, -0.2) is 0 Å². The van der Waals surface area contributed by atoms with Crippen LogP contribution < -0.4 is 5.32 Å². The standard InChI is InChI=1S/C14H23N3O2/c1-4-14(5-2,11-18)10-15-13(19)7-6-12-8-16-17(3)9-12/h6-9,18H,4-5,10-11H2,1-3H3,(H,15,19)/b7-6+. The Balaban J connectivity index is 2.49. The van der Waals surface area contributed by atoms with Gasteiger partial charge in [-0.3, -0.25) is 9.48 Å². The molecule has 0 aliphatic heterocycles. The van der Waals surface area contributed by atoms with Gasteiger partial charge in [0.05, 0.1) is 12.8 Å². The first-order valence-corrected chi connectivity index (χ1v) is 6.60. The maximum absolute atomic E-state index is 11.7. The lowest BCUT2D eigenvalue weighted by atomic mass is 9.83. The number of aliphatic hydroxyl groups excluding tert-OH is 1. The fourth-order valence-electron chi connectivity index (χ4n) is 1.81. The van der Waals surface area contributed by atoms with Crippen molar-refractivity contribution >= 4 is 12.0 Å². The van der Waals surface area contributed by atoms with E-state index in [-0.39, 0.29) is 17.9 Å². The molecule has 5 nitrogen and oxygen atoms in total. The van der Waals surface area contributed by atoms with E-state index in [4.69, 9.17) is 0 Å². The van der Waals surface area contributed by atoms with Gasteiger partial charge < -0.3 is 10.4 Å². The number of aryl methyl sites for hydroxylation is 1. The summed E-state index contributed by atoms with van der Waals surface area (Å²) in [6.45, 7) is 4.63. The topological polar surface area (TPSA) is 67.2 Å². The molecule has 0 saturated carbocycles. The number of nitrogens with zero attached hydrogens (tertiary/aromatic N) is 2. The van der Waals surface area contributed by atoms with Gasteiger partial charge in [-0.1, -0.05) is 13.8 Å². The molecule has 0 aliphatic carbocycles. The highest BCUT2D eigenvalue weighted by Crippen LogP contribution is 2.24. The van der Waals surface area contributed by atoms with E-state index in [1.165, 1.54) is 6.08 Å². The van der Waals surface area contributed by atoms with Crippen LogP contribution in [0.2, 0.25) is 0 Å². The van der Waals surface area contributed by atoms with Gasteiger partial charge in [-0.15, -0.1) is 0 Å². The minimum atomic E-state index is -0.211. The highest BCUT2D eigenvalue weighted by molar-refractivity contribution is 5.91. The number of carbonyl (C=O) groups is 1. The van der Waals surface area contributed by atoms with Crippen LogP contribution in [0.5, 0.6) is 0 Å². The normalized spacial score (nSPS) is 12.0. The maximum atomic E-state index is 11.7. The van der Waals surface area contributed by atoms with E-state index in [0.29, 0.717) is 6.54 Å². The molecule has 0 radical (unpaired) electrons. The van der Waals surface area contributed by atoms with E-state index < -0.39 is 0 Å². The minimum Gasteiger partial charge on any atom is -0.396 e. The van der Waals surface area contributed by atoms with Crippen molar-refractivity contribution < 1.29 is 9.90 Å². The third kappa shape index (κ3) is 4.52. The number of nitrogens with one attached hydrogen (secondary N) is 1. The molecule has 1 heterocycles. The molecule has 0 atom stereocenters. The molecule has 5 heteroatoms. The van der Waals surface area contributed by atoms with Crippen LogP contribution in [0.3, 0.4) is 0 Å². The van der Waals surface area contributed by atoms with Gasteiger partial charge in [0.2, 0.25) is 5.91 Å². The van der Waals surface area contributed by atoms with Gasteiger partial charge in [0.15, 0.2) is 0 Å². The smallest absolute Gasteiger partial charge is 0.244 e. The minimum absolute atomic E-state index is 0.0899. The molecule has 0 bridgehead atoms. The summed E-state index contributed by atoms with van der Waals surface area (Å²) in [5.74, 6) is -0.149. The third-order valence-electron chi connectivity index (χ3n) is 3.63. The number of hydrogen-bond acceptors (Lipinski definition) is 3.